The molecule has 0 fully saturated rings. The molecule has 0 aliphatic carbocycles. The number of hydrogen-bond donors (Lipinski definition) is 1. The molecule has 0 saturated heterocycles. The molecule has 1 atom stereocenters. The van der Waals surface area contributed by atoms with Crippen LogP contribution in [0.3, 0.4) is 0 Å². The van der Waals surface area contributed by atoms with Gasteiger partial charge in [-0.1, -0.05) is 32.9 Å². The fraction of sp³-hybridized carbons (Fsp3) is 0.588. The van der Waals surface area contributed by atoms with E-state index in [2.05, 4.69) is 51.2 Å². The van der Waals surface area contributed by atoms with Crippen LogP contribution in [-0.2, 0) is 10.2 Å². The largest absolute Gasteiger partial charge is 0.353 e. The maximum absolute atomic E-state index is 12.0. The van der Waals surface area contributed by atoms with E-state index in [-0.39, 0.29) is 22.6 Å². The Bertz CT molecular complexity index is 474. The van der Waals surface area contributed by atoms with Crippen LogP contribution in [0, 0.1) is 6.92 Å². The van der Waals surface area contributed by atoms with Gasteiger partial charge in [-0.05, 0) is 50.3 Å². The Morgan fingerprint density at radius 1 is 1.20 bits per heavy atom. The molecule has 0 spiro atoms. The van der Waals surface area contributed by atoms with Crippen LogP contribution in [0.15, 0.2) is 23.1 Å². The minimum Gasteiger partial charge on any atom is -0.353 e. The first-order valence-corrected chi connectivity index (χ1v) is 8.07. The fourth-order valence-corrected chi connectivity index (χ4v) is 2.84. The minimum absolute atomic E-state index is 0.0775. The van der Waals surface area contributed by atoms with Crippen molar-refractivity contribution < 1.29 is 4.79 Å². The predicted molar refractivity (Wildman–Crippen MR) is 88.5 cm³/mol. The van der Waals surface area contributed by atoms with Gasteiger partial charge in [0.25, 0.3) is 0 Å². The molecule has 20 heavy (non-hydrogen) atoms. The summed E-state index contributed by atoms with van der Waals surface area (Å²) in [5.74, 6) is 0.102. The lowest BCUT2D eigenvalue weighted by Gasteiger charge is -2.21. The molecule has 1 aromatic rings. The first kappa shape index (κ1) is 17.1. The van der Waals surface area contributed by atoms with Crippen molar-refractivity contribution in [2.75, 3.05) is 0 Å². The summed E-state index contributed by atoms with van der Waals surface area (Å²) >= 11 is 1.64. The van der Waals surface area contributed by atoms with Gasteiger partial charge in [0, 0.05) is 10.9 Å². The topological polar surface area (TPSA) is 29.1 Å². The molecule has 0 aliphatic heterocycles. The molecule has 0 radical (unpaired) electrons. The van der Waals surface area contributed by atoms with Crippen LogP contribution < -0.4 is 5.32 Å². The quantitative estimate of drug-likeness (QED) is 0.839. The van der Waals surface area contributed by atoms with E-state index >= 15 is 0 Å². The number of aryl methyl sites for hydroxylation is 1. The van der Waals surface area contributed by atoms with Crippen molar-refractivity contribution >= 4 is 17.7 Å². The molecule has 1 amide bonds. The Morgan fingerprint density at radius 3 is 2.30 bits per heavy atom. The average Bonchev–Trinajstić information content (AvgIpc) is 2.29. The third-order valence-corrected chi connectivity index (χ3v) is 4.42. The second-order valence-corrected chi connectivity index (χ2v) is 8.04. The number of thioether (sulfide) groups is 1. The Balaban J connectivity index is 2.89. The number of amides is 1. The molecule has 3 heteroatoms. The molecular formula is C17H27NOS. The number of nitrogens with one attached hydrogen (secondary N) is 1. The number of carbonyl (C=O) groups excluding carboxylic acids is 1. The molecule has 1 N–H and O–H groups in total. The predicted octanol–water partition coefficient (Wildman–Crippen LogP) is 4.30. The van der Waals surface area contributed by atoms with Crippen molar-refractivity contribution in [3.63, 3.8) is 0 Å². The summed E-state index contributed by atoms with van der Waals surface area (Å²) < 4.78 is 0. The zero-order chi connectivity index (χ0) is 15.5. The monoisotopic (exact) mass is 293 g/mol. The van der Waals surface area contributed by atoms with Gasteiger partial charge >= 0.3 is 0 Å². The maximum atomic E-state index is 12.0. The highest BCUT2D eigenvalue weighted by molar-refractivity contribution is 8.00. The first-order chi connectivity index (χ1) is 9.11. The van der Waals surface area contributed by atoms with Gasteiger partial charge in [0.1, 0.15) is 0 Å². The van der Waals surface area contributed by atoms with Crippen LogP contribution >= 0.6 is 11.8 Å². The van der Waals surface area contributed by atoms with E-state index in [0.717, 1.165) is 0 Å². The summed E-state index contributed by atoms with van der Waals surface area (Å²) in [4.78, 5) is 13.2. The average molecular weight is 293 g/mol. The summed E-state index contributed by atoms with van der Waals surface area (Å²) in [5, 5.41) is 2.89. The standard InChI is InChI=1S/C17H27NOS/c1-11(2)18-16(19)13(4)20-15-10-14(17(5,6)7)9-8-12(15)3/h8-11,13H,1-7H3,(H,18,19)/t13-/m0/s1. The van der Waals surface area contributed by atoms with E-state index in [0.29, 0.717) is 0 Å². The molecule has 0 aromatic heterocycles. The molecule has 0 aliphatic rings. The Morgan fingerprint density at radius 2 is 1.80 bits per heavy atom. The number of rotatable bonds is 4. The molecule has 0 unspecified atom stereocenters. The number of carbonyl (C=O) groups is 1. The molecule has 1 rings (SSSR count). The summed E-state index contributed by atoms with van der Waals surface area (Å²) in [5.41, 5.74) is 2.67. The summed E-state index contributed by atoms with van der Waals surface area (Å²) in [6, 6.07) is 6.74. The smallest absolute Gasteiger partial charge is 0.233 e. The van der Waals surface area contributed by atoms with E-state index in [9.17, 15) is 4.79 Å². The van der Waals surface area contributed by atoms with E-state index in [1.165, 1.54) is 16.0 Å². The second kappa shape index (κ2) is 6.66. The minimum atomic E-state index is -0.0775. The van der Waals surface area contributed by atoms with Gasteiger partial charge in [0.05, 0.1) is 5.25 Å². The van der Waals surface area contributed by atoms with Crippen LogP contribution in [0.25, 0.3) is 0 Å². The Kier molecular flexibility index (Phi) is 5.69. The third kappa shape index (κ3) is 4.86. The van der Waals surface area contributed by atoms with E-state index in [4.69, 9.17) is 0 Å². The molecule has 2 nitrogen and oxygen atoms in total. The molecule has 0 saturated carbocycles. The summed E-state index contributed by atoms with van der Waals surface area (Å²) in [6.07, 6.45) is 0. The van der Waals surface area contributed by atoms with Crippen LogP contribution in [0.1, 0.15) is 52.7 Å². The molecule has 112 valence electrons. The SMILES string of the molecule is Cc1ccc(C(C)(C)C)cc1S[C@@H](C)C(=O)NC(C)C. The second-order valence-electron chi connectivity index (χ2n) is 6.65. The number of hydrogen-bond acceptors (Lipinski definition) is 2. The maximum Gasteiger partial charge on any atom is 0.233 e. The number of benzene rings is 1. The van der Waals surface area contributed by atoms with Gasteiger partial charge in [-0.15, -0.1) is 11.8 Å². The van der Waals surface area contributed by atoms with Gasteiger partial charge < -0.3 is 5.32 Å². The fourth-order valence-electron chi connectivity index (χ4n) is 1.84. The van der Waals surface area contributed by atoms with Gasteiger partial charge in [0.2, 0.25) is 5.91 Å². The van der Waals surface area contributed by atoms with Crippen molar-refractivity contribution in [1.29, 1.82) is 0 Å². The molecule has 0 bridgehead atoms. The lowest BCUT2D eigenvalue weighted by Crippen LogP contribution is -2.35. The van der Waals surface area contributed by atoms with Crippen molar-refractivity contribution in [1.82, 2.24) is 5.32 Å². The summed E-state index contributed by atoms with van der Waals surface area (Å²) in [7, 11) is 0. The van der Waals surface area contributed by atoms with E-state index in [1.807, 2.05) is 20.8 Å². The van der Waals surface area contributed by atoms with Crippen LogP contribution in [-0.4, -0.2) is 17.2 Å². The van der Waals surface area contributed by atoms with Crippen LogP contribution in [0.4, 0.5) is 0 Å². The lowest BCUT2D eigenvalue weighted by atomic mass is 9.87. The zero-order valence-corrected chi connectivity index (χ0v) is 14.5. The van der Waals surface area contributed by atoms with Crippen molar-refractivity contribution in [3.8, 4) is 0 Å². The molecule has 0 heterocycles. The van der Waals surface area contributed by atoms with E-state index in [1.54, 1.807) is 11.8 Å². The highest BCUT2D eigenvalue weighted by Crippen LogP contribution is 2.31. The normalized spacial score (nSPS) is 13.4. The first-order valence-electron chi connectivity index (χ1n) is 7.19. The van der Waals surface area contributed by atoms with Gasteiger partial charge in [-0.2, -0.15) is 0 Å². The van der Waals surface area contributed by atoms with Crippen molar-refractivity contribution in [3.05, 3.63) is 29.3 Å². The Labute approximate surface area is 127 Å². The van der Waals surface area contributed by atoms with E-state index < -0.39 is 0 Å². The Hall–Kier alpha value is -0.960. The van der Waals surface area contributed by atoms with Gasteiger partial charge in [-0.3, -0.25) is 4.79 Å². The molecular weight excluding hydrogens is 266 g/mol. The molecule has 1 aromatic carbocycles. The third-order valence-electron chi connectivity index (χ3n) is 3.16. The van der Waals surface area contributed by atoms with Crippen molar-refractivity contribution in [2.45, 2.75) is 70.1 Å². The van der Waals surface area contributed by atoms with Crippen molar-refractivity contribution in [2.24, 2.45) is 0 Å². The van der Waals surface area contributed by atoms with Crippen LogP contribution in [0.5, 0.6) is 0 Å². The van der Waals surface area contributed by atoms with Crippen LogP contribution in [0.2, 0.25) is 0 Å². The zero-order valence-electron chi connectivity index (χ0n) is 13.7. The lowest BCUT2D eigenvalue weighted by molar-refractivity contribution is -0.120. The highest BCUT2D eigenvalue weighted by Gasteiger charge is 2.19. The highest BCUT2D eigenvalue weighted by atomic mass is 32.2. The van der Waals surface area contributed by atoms with Gasteiger partial charge in [0.15, 0.2) is 0 Å². The summed E-state index contributed by atoms with van der Waals surface area (Å²) in [6.45, 7) is 14.7. The van der Waals surface area contributed by atoms with Gasteiger partial charge in [-0.25, -0.2) is 0 Å².